The third kappa shape index (κ3) is 6.91. The Kier molecular flexibility index (Phi) is 9.88. The molecule has 2 aliphatic rings. The van der Waals surface area contributed by atoms with E-state index in [0.29, 0.717) is 60.7 Å². The number of morpholine rings is 1. The molecule has 1 fully saturated rings. The van der Waals surface area contributed by atoms with Gasteiger partial charge < -0.3 is 15.4 Å². The lowest BCUT2D eigenvalue weighted by Gasteiger charge is -2.38. The standard InChI is InChI=1S/C35H37F3N8O4/c1-4-44-33-27(21-40-46(33)26-11-6-5-7-12-26)29(30(34(44)49)41-32(48)28-13-14-45(42-28)35(36,37)38)25-10-8-9-24(19-25)20-39-31(47)22(2)23(3)43-15-17-50-18-16-43/h5-14,19,21,23,29-30H,2,4,15-18,20H2,1,3H3,(H,39,47)(H,41,48)/t23?,29-,30+/m1/s1. The van der Waals surface area contributed by atoms with Crippen molar-refractivity contribution in [1.29, 1.82) is 0 Å². The van der Waals surface area contributed by atoms with Crippen molar-refractivity contribution in [1.82, 2.24) is 35.1 Å². The molecule has 12 nitrogen and oxygen atoms in total. The number of ether oxygens (including phenoxy) is 1. The summed E-state index contributed by atoms with van der Waals surface area (Å²) in [5.41, 5.74) is 2.61. The van der Waals surface area contributed by atoms with Gasteiger partial charge in [-0.1, -0.05) is 49.0 Å². The Balaban J connectivity index is 1.32. The first-order chi connectivity index (χ1) is 24.0. The van der Waals surface area contributed by atoms with Gasteiger partial charge in [-0.15, -0.1) is 13.2 Å². The zero-order chi connectivity index (χ0) is 35.6. The highest BCUT2D eigenvalue weighted by molar-refractivity contribution is 6.04. The van der Waals surface area contributed by atoms with Crippen molar-refractivity contribution >= 4 is 23.5 Å². The molecule has 0 bridgehead atoms. The molecule has 4 aromatic rings. The second-order valence-electron chi connectivity index (χ2n) is 12.1. The molecule has 2 aliphatic heterocycles. The number of rotatable bonds is 10. The molecular weight excluding hydrogens is 653 g/mol. The van der Waals surface area contributed by atoms with E-state index < -0.39 is 35.8 Å². The second kappa shape index (κ2) is 14.3. The first kappa shape index (κ1) is 34.6. The van der Waals surface area contributed by atoms with Gasteiger partial charge in [0.2, 0.25) is 5.91 Å². The number of anilines is 1. The highest BCUT2D eigenvalue weighted by Gasteiger charge is 2.45. The minimum absolute atomic E-state index is 0.158. The lowest BCUT2D eigenvalue weighted by molar-refractivity contribution is -0.212. The van der Waals surface area contributed by atoms with Crippen LogP contribution in [0.3, 0.4) is 0 Å². The Bertz CT molecular complexity index is 1880. The maximum Gasteiger partial charge on any atom is 0.504 e. The molecule has 3 amide bonds. The fourth-order valence-electron chi connectivity index (χ4n) is 6.39. The third-order valence-electron chi connectivity index (χ3n) is 9.06. The van der Waals surface area contributed by atoms with Crippen LogP contribution < -0.4 is 15.5 Å². The zero-order valence-corrected chi connectivity index (χ0v) is 27.6. The highest BCUT2D eigenvalue weighted by Crippen LogP contribution is 2.41. The first-order valence-electron chi connectivity index (χ1n) is 16.2. The second-order valence-corrected chi connectivity index (χ2v) is 12.1. The fourth-order valence-corrected chi connectivity index (χ4v) is 6.39. The van der Waals surface area contributed by atoms with Crippen molar-refractivity contribution in [3.05, 3.63) is 108 Å². The molecule has 6 rings (SSSR count). The number of benzene rings is 2. The number of halogens is 3. The lowest BCUT2D eigenvalue weighted by atomic mass is 9.82. The van der Waals surface area contributed by atoms with E-state index in [1.807, 2.05) is 49.4 Å². The molecule has 4 heterocycles. The number of nitrogens with zero attached hydrogens (tertiary/aromatic N) is 6. The summed E-state index contributed by atoms with van der Waals surface area (Å²) in [4.78, 5) is 44.4. The van der Waals surface area contributed by atoms with Crippen molar-refractivity contribution in [2.24, 2.45) is 0 Å². The van der Waals surface area contributed by atoms with E-state index in [1.165, 1.54) is 4.90 Å². The van der Waals surface area contributed by atoms with Gasteiger partial charge in [0.15, 0.2) is 0 Å². The maximum absolute atomic E-state index is 14.3. The van der Waals surface area contributed by atoms with Crippen LogP contribution in [0.15, 0.2) is 85.2 Å². The summed E-state index contributed by atoms with van der Waals surface area (Å²) in [5.74, 6) is -2.00. The molecule has 0 aliphatic carbocycles. The van der Waals surface area contributed by atoms with Gasteiger partial charge in [0.1, 0.15) is 17.6 Å². The largest absolute Gasteiger partial charge is 0.504 e. The lowest BCUT2D eigenvalue weighted by Crippen LogP contribution is -2.55. The molecule has 1 unspecified atom stereocenters. The summed E-state index contributed by atoms with van der Waals surface area (Å²) in [7, 11) is 0. The number of nitrogens with one attached hydrogen (secondary N) is 2. The van der Waals surface area contributed by atoms with Crippen LogP contribution in [0.2, 0.25) is 0 Å². The van der Waals surface area contributed by atoms with Gasteiger partial charge in [-0.3, -0.25) is 24.2 Å². The van der Waals surface area contributed by atoms with Crippen LogP contribution in [0.25, 0.3) is 5.69 Å². The summed E-state index contributed by atoms with van der Waals surface area (Å²) in [5, 5.41) is 13.6. The Morgan fingerprint density at radius 3 is 2.50 bits per heavy atom. The summed E-state index contributed by atoms with van der Waals surface area (Å²) in [6.07, 6.45) is -2.54. The van der Waals surface area contributed by atoms with E-state index >= 15 is 0 Å². The summed E-state index contributed by atoms with van der Waals surface area (Å²) < 4.78 is 46.6. The van der Waals surface area contributed by atoms with Gasteiger partial charge in [-0.25, -0.2) is 4.68 Å². The van der Waals surface area contributed by atoms with E-state index in [0.717, 1.165) is 11.6 Å². The molecule has 0 saturated carbocycles. The van der Waals surface area contributed by atoms with Crippen molar-refractivity contribution in [2.45, 2.75) is 44.7 Å². The number of fused-ring (bicyclic) bond motifs is 1. The molecular formula is C35H37F3N8O4. The third-order valence-corrected chi connectivity index (χ3v) is 9.06. The number of amides is 3. The van der Waals surface area contributed by atoms with E-state index in [9.17, 15) is 27.6 Å². The van der Waals surface area contributed by atoms with Crippen molar-refractivity contribution in [3.8, 4) is 5.69 Å². The van der Waals surface area contributed by atoms with Crippen LogP contribution in [0, 0.1) is 0 Å². The molecule has 262 valence electrons. The number of para-hydroxylation sites is 1. The molecule has 15 heteroatoms. The molecule has 2 N–H and O–H groups in total. The summed E-state index contributed by atoms with van der Waals surface area (Å²) >= 11 is 0. The monoisotopic (exact) mass is 690 g/mol. The Labute approximate surface area is 286 Å². The predicted molar refractivity (Wildman–Crippen MR) is 177 cm³/mol. The van der Waals surface area contributed by atoms with Crippen LogP contribution in [0.4, 0.5) is 19.0 Å². The van der Waals surface area contributed by atoms with Gasteiger partial charge >= 0.3 is 6.30 Å². The van der Waals surface area contributed by atoms with Crippen LogP contribution in [0.5, 0.6) is 0 Å². The molecule has 0 radical (unpaired) electrons. The number of likely N-dealkylation sites (N-methyl/N-ethyl adjacent to an activating group) is 1. The van der Waals surface area contributed by atoms with Crippen molar-refractivity contribution < 1.29 is 32.3 Å². The van der Waals surface area contributed by atoms with Crippen LogP contribution in [-0.4, -0.2) is 87.1 Å². The smallest absolute Gasteiger partial charge is 0.379 e. The van der Waals surface area contributed by atoms with Crippen LogP contribution in [0.1, 0.15) is 46.9 Å². The molecule has 2 aromatic heterocycles. The summed E-state index contributed by atoms with van der Waals surface area (Å²) in [6.45, 7) is 10.7. The van der Waals surface area contributed by atoms with Gasteiger partial charge in [0.25, 0.3) is 11.8 Å². The van der Waals surface area contributed by atoms with E-state index in [4.69, 9.17) is 4.74 Å². The Hall–Kier alpha value is -5.28. The number of alkyl halides is 3. The Morgan fingerprint density at radius 1 is 1.08 bits per heavy atom. The average molecular weight is 691 g/mol. The minimum atomic E-state index is -4.82. The van der Waals surface area contributed by atoms with Crippen molar-refractivity contribution in [2.75, 3.05) is 37.7 Å². The quantitative estimate of drug-likeness (QED) is 0.243. The van der Waals surface area contributed by atoms with Crippen LogP contribution in [-0.2, 0) is 27.2 Å². The van der Waals surface area contributed by atoms with E-state index in [-0.39, 0.29) is 29.7 Å². The SMILES string of the molecule is C=C(C(=O)NCc1cccc([C@@H]2c3cnn(-c4ccccc4)c3N(CC)C(=O)[C@H]2NC(=O)c2ccn(C(F)(F)F)n2)c1)C(C)N1CCOCC1. The first-order valence-corrected chi connectivity index (χ1v) is 16.2. The molecule has 2 aromatic carbocycles. The molecule has 3 atom stereocenters. The molecule has 0 spiro atoms. The van der Waals surface area contributed by atoms with Crippen LogP contribution >= 0.6 is 0 Å². The van der Waals surface area contributed by atoms with Gasteiger partial charge in [-0.2, -0.15) is 14.9 Å². The van der Waals surface area contributed by atoms with Gasteiger partial charge in [0, 0.05) is 55.5 Å². The Morgan fingerprint density at radius 2 is 1.82 bits per heavy atom. The van der Waals surface area contributed by atoms with E-state index in [1.54, 1.807) is 29.9 Å². The van der Waals surface area contributed by atoms with Crippen molar-refractivity contribution in [3.63, 3.8) is 0 Å². The van der Waals surface area contributed by atoms with Gasteiger partial charge in [-0.05, 0) is 43.2 Å². The number of carbonyl (C=O) groups excluding carboxylic acids is 3. The maximum atomic E-state index is 14.3. The zero-order valence-electron chi connectivity index (χ0n) is 27.6. The number of hydrogen-bond donors (Lipinski definition) is 2. The average Bonchev–Trinajstić information content (AvgIpc) is 3.80. The number of aromatic nitrogens is 4. The summed E-state index contributed by atoms with van der Waals surface area (Å²) in [6, 6.07) is 16.0. The van der Waals surface area contributed by atoms with E-state index in [2.05, 4.69) is 32.3 Å². The fraction of sp³-hybridized carbons (Fsp3) is 0.343. The predicted octanol–water partition coefficient (Wildman–Crippen LogP) is 3.74. The van der Waals surface area contributed by atoms with Gasteiger partial charge in [0.05, 0.1) is 25.1 Å². The number of carbonyl (C=O) groups is 3. The molecule has 1 saturated heterocycles. The number of hydrogen-bond acceptors (Lipinski definition) is 7. The highest BCUT2D eigenvalue weighted by atomic mass is 19.4. The molecule has 50 heavy (non-hydrogen) atoms. The normalized spacial score (nSPS) is 18.7. The minimum Gasteiger partial charge on any atom is -0.379 e. The topological polar surface area (TPSA) is 127 Å².